The van der Waals surface area contributed by atoms with Crippen LogP contribution in [0.5, 0.6) is 0 Å². The Morgan fingerprint density at radius 2 is 2.15 bits per heavy atom. The second kappa shape index (κ2) is 8.61. The van der Waals surface area contributed by atoms with Gasteiger partial charge in [-0.2, -0.15) is 0 Å². The molecule has 0 spiro atoms. The normalized spacial score (nSPS) is 18.9. The monoisotopic (exact) mass is 389 g/mol. The molecule has 1 aromatic rings. The summed E-state index contributed by atoms with van der Waals surface area (Å²) in [5, 5.41) is 3.69. The summed E-state index contributed by atoms with van der Waals surface area (Å²) in [4.78, 5) is 25.2. The lowest BCUT2D eigenvalue weighted by Gasteiger charge is -2.27. The molecule has 0 amide bonds. The van der Waals surface area contributed by atoms with Crippen molar-refractivity contribution < 1.29 is 19.1 Å². The van der Waals surface area contributed by atoms with Crippen molar-refractivity contribution in [2.45, 2.75) is 45.4 Å². The van der Waals surface area contributed by atoms with Crippen LogP contribution in [0, 0.1) is 0 Å². The lowest BCUT2D eigenvalue weighted by molar-refractivity contribution is -0.139. The fourth-order valence-corrected chi connectivity index (χ4v) is 3.73. The summed E-state index contributed by atoms with van der Waals surface area (Å²) in [6, 6.07) is 7.20. The molecule has 27 heavy (non-hydrogen) atoms. The average molecular weight is 390 g/mol. The number of carbonyl (C=O) groups excluding carboxylic acids is 2. The Balaban J connectivity index is 1.89. The third-order valence-electron chi connectivity index (χ3n) is 4.85. The molecule has 5 nitrogen and oxygen atoms in total. The van der Waals surface area contributed by atoms with Gasteiger partial charge < -0.3 is 14.8 Å². The van der Waals surface area contributed by atoms with Gasteiger partial charge in [-0.3, -0.25) is 0 Å². The van der Waals surface area contributed by atoms with Crippen LogP contribution in [0.2, 0.25) is 5.02 Å². The Hall–Kier alpha value is -2.27. The third-order valence-corrected chi connectivity index (χ3v) is 5.08. The molecule has 0 aliphatic carbocycles. The number of esters is 2. The Bertz CT molecular complexity index is 812. The zero-order valence-corrected chi connectivity index (χ0v) is 16.4. The topological polar surface area (TPSA) is 64.6 Å². The molecule has 0 bridgehead atoms. The number of rotatable bonds is 7. The van der Waals surface area contributed by atoms with Gasteiger partial charge in [0.25, 0.3) is 0 Å². The van der Waals surface area contributed by atoms with E-state index in [0.717, 1.165) is 31.2 Å². The third kappa shape index (κ3) is 4.19. The highest BCUT2D eigenvalue weighted by molar-refractivity contribution is 6.30. The molecule has 1 unspecified atom stereocenters. The maximum atomic E-state index is 12.9. The quantitative estimate of drug-likeness (QED) is 0.558. The molecule has 0 radical (unpaired) electrons. The number of hydrogen-bond acceptors (Lipinski definition) is 5. The SMILES string of the molecule is CCCCCCOC(=O)C1=C(C)NC2=C(C(=O)OC2)C1c1cccc(Cl)c1. The maximum absolute atomic E-state index is 12.9. The predicted octanol–water partition coefficient (Wildman–Crippen LogP) is 4.24. The van der Waals surface area contributed by atoms with Crippen molar-refractivity contribution in [3.63, 3.8) is 0 Å². The number of halogens is 1. The maximum Gasteiger partial charge on any atom is 0.337 e. The van der Waals surface area contributed by atoms with Crippen molar-refractivity contribution in [1.82, 2.24) is 5.32 Å². The van der Waals surface area contributed by atoms with E-state index in [-0.39, 0.29) is 6.61 Å². The summed E-state index contributed by atoms with van der Waals surface area (Å²) >= 11 is 6.16. The van der Waals surface area contributed by atoms with Crippen LogP contribution in [-0.4, -0.2) is 25.2 Å². The lowest BCUT2D eigenvalue weighted by atomic mass is 9.81. The number of unbranched alkanes of at least 4 members (excludes halogenated alkanes) is 3. The van der Waals surface area contributed by atoms with Gasteiger partial charge in [0.15, 0.2) is 0 Å². The first-order chi connectivity index (χ1) is 13.0. The minimum Gasteiger partial charge on any atom is -0.462 e. The first-order valence-electron chi connectivity index (χ1n) is 9.33. The Labute approximate surface area is 164 Å². The van der Waals surface area contributed by atoms with E-state index in [4.69, 9.17) is 21.1 Å². The molecule has 144 valence electrons. The van der Waals surface area contributed by atoms with Crippen LogP contribution in [-0.2, 0) is 19.1 Å². The highest BCUT2D eigenvalue weighted by Crippen LogP contribution is 2.41. The van der Waals surface area contributed by atoms with Crippen LogP contribution in [0.4, 0.5) is 0 Å². The van der Waals surface area contributed by atoms with E-state index in [1.165, 1.54) is 0 Å². The molecule has 1 N–H and O–H groups in total. The van der Waals surface area contributed by atoms with Crippen LogP contribution in [0.1, 0.15) is 51.0 Å². The van der Waals surface area contributed by atoms with E-state index >= 15 is 0 Å². The first-order valence-corrected chi connectivity index (χ1v) is 9.71. The van der Waals surface area contributed by atoms with Gasteiger partial charge in [-0.25, -0.2) is 9.59 Å². The molecular formula is C21H24ClNO4. The summed E-state index contributed by atoms with van der Waals surface area (Å²) in [5.74, 6) is -1.37. The highest BCUT2D eigenvalue weighted by Gasteiger charge is 2.41. The van der Waals surface area contributed by atoms with Gasteiger partial charge in [-0.15, -0.1) is 0 Å². The van der Waals surface area contributed by atoms with Crippen LogP contribution in [0.3, 0.4) is 0 Å². The van der Waals surface area contributed by atoms with Crippen LogP contribution < -0.4 is 5.32 Å². The van der Waals surface area contributed by atoms with Gasteiger partial charge in [0, 0.05) is 10.7 Å². The first kappa shape index (κ1) is 19.5. The van der Waals surface area contributed by atoms with Crippen LogP contribution >= 0.6 is 11.6 Å². The van der Waals surface area contributed by atoms with Gasteiger partial charge in [0.1, 0.15) is 6.61 Å². The fraction of sp³-hybridized carbons (Fsp3) is 0.429. The molecular weight excluding hydrogens is 366 g/mol. The van der Waals surface area contributed by atoms with Gasteiger partial charge >= 0.3 is 11.9 Å². The van der Waals surface area contributed by atoms with Crippen molar-refractivity contribution in [3.05, 3.63) is 57.4 Å². The van der Waals surface area contributed by atoms with Crippen molar-refractivity contribution in [3.8, 4) is 0 Å². The number of dihydropyridines is 1. The zero-order valence-electron chi connectivity index (χ0n) is 15.6. The smallest absolute Gasteiger partial charge is 0.337 e. The summed E-state index contributed by atoms with van der Waals surface area (Å²) < 4.78 is 10.7. The molecule has 6 heteroatoms. The van der Waals surface area contributed by atoms with Gasteiger partial charge in [-0.1, -0.05) is 49.9 Å². The average Bonchev–Trinajstić information content (AvgIpc) is 3.00. The van der Waals surface area contributed by atoms with Crippen molar-refractivity contribution in [2.24, 2.45) is 0 Å². The molecule has 3 rings (SSSR count). The van der Waals surface area contributed by atoms with Crippen molar-refractivity contribution in [2.75, 3.05) is 13.2 Å². The summed E-state index contributed by atoms with van der Waals surface area (Å²) in [5.41, 5.74) is 3.04. The molecule has 1 atom stereocenters. The zero-order chi connectivity index (χ0) is 19.4. The van der Waals surface area contributed by atoms with Gasteiger partial charge in [-0.05, 0) is 31.0 Å². The van der Waals surface area contributed by atoms with E-state index in [1.54, 1.807) is 12.1 Å². The second-order valence-electron chi connectivity index (χ2n) is 6.82. The number of cyclic esters (lactones) is 1. The molecule has 2 aliphatic rings. The van der Waals surface area contributed by atoms with E-state index in [2.05, 4.69) is 12.2 Å². The minimum absolute atomic E-state index is 0.182. The van der Waals surface area contributed by atoms with Crippen LogP contribution in [0.25, 0.3) is 0 Å². The van der Waals surface area contributed by atoms with Gasteiger partial charge in [0.05, 0.1) is 29.4 Å². The Kier molecular flexibility index (Phi) is 6.22. The molecule has 0 fully saturated rings. The van der Waals surface area contributed by atoms with Crippen LogP contribution in [0.15, 0.2) is 46.8 Å². The van der Waals surface area contributed by atoms with Crippen molar-refractivity contribution in [1.29, 1.82) is 0 Å². The molecule has 2 heterocycles. The Morgan fingerprint density at radius 1 is 1.33 bits per heavy atom. The largest absolute Gasteiger partial charge is 0.462 e. The Morgan fingerprint density at radius 3 is 2.89 bits per heavy atom. The predicted molar refractivity (Wildman–Crippen MR) is 103 cm³/mol. The number of carbonyl (C=O) groups is 2. The molecule has 0 saturated carbocycles. The number of hydrogen-bond donors (Lipinski definition) is 1. The van der Waals surface area contributed by atoms with E-state index in [9.17, 15) is 9.59 Å². The van der Waals surface area contributed by atoms with Gasteiger partial charge in [0.2, 0.25) is 0 Å². The highest BCUT2D eigenvalue weighted by atomic mass is 35.5. The fourth-order valence-electron chi connectivity index (χ4n) is 3.53. The molecule has 2 aliphatic heterocycles. The lowest BCUT2D eigenvalue weighted by Crippen LogP contribution is -2.30. The minimum atomic E-state index is -0.543. The second-order valence-corrected chi connectivity index (χ2v) is 7.25. The standard InChI is InChI=1S/C21H24ClNO4/c1-3-4-5-6-10-26-20(24)17-13(2)23-16-12-27-21(25)19(16)18(17)14-8-7-9-15(22)11-14/h7-9,11,18,23H,3-6,10,12H2,1-2H3. The number of nitrogens with one attached hydrogen (secondary N) is 1. The molecule has 0 saturated heterocycles. The van der Waals surface area contributed by atoms with E-state index < -0.39 is 17.9 Å². The number of allylic oxidation sites excluding steroid dienone is 1. The summed E-state index contributed by atoms with van der Waals surface area (Å²) in [6.45, 7) is 4.50. The summed E-state index contributed by atoms with van der Waals surface area (Å²) in [7, 11) is 0. The number of benzene rings is 1. The molecule has 1 aromatic carbocycles. The molecule has 0 aromatic heterocycles. The van der Waals surface area contributed by atoms with Crippen molar-refractivity contribution >= 4 is 23.5 Å². The summed E-state index contributed by atoms with van der Waals surface area (Å²) in [6.07, 6.45) is 4.10. The van der Waals surface area contributed by atoms with E-state index in [1.807, 2.05) is 19.1 Å². The number of ether oxygens (including phenoxy) is 2. The van der Waals surface area contributed by atoms with E-state index in [0.29, 0.717) is 34.2 Å².